The van der Waals surface area contributed by atoms with Gasteiger partial charge in [-0.2, -0.15) is 0 Å². The normalized spacial score (nSPS) is 15.7. The van der Waals surface area contributed by atoms with E-state index in [0.29, 0.717) is 23.6 Å². The van der Waals surface area contributed by atoms with Crippen molar-refractivity contribution in [3.63, 3.8) is 0 Å². The van der Waals surface area contributed by atoms with Gasteiger partial charge in [0.2, 0.25) is 5.78 Å². The van der Waals surface area contributed by atoms with Crippen molar-refractivity contribution in [1.29, 1.82) is 0 Å². The molecule has 1 atom stereocenters. The minimum atomic E-state index is -1.02. The molecule has 0 fully saturated rings. The molecular weight excluding hydrogens is 460 g/mol. The molecule has 9 nitrogen and oxygen atoms in total. The number of nitrogens with zero attached hydrogens (tertiary/aromatic N) is 2. The van der Waals surface area contributed by atoms with Crippen LogP contribution in [0.3, 0.4) is 0 Å². The van der Waals surface area contributed by atoms with Crippen LogP contribution in [0.15, 0.2) is 58.4 Å². The van der Waals surface area contributed by atoms with Gasteiger partial charge in [-0.3, -0.25) is 14.5 Å². The molecule has 0 saturated carbocycles. The highest BCUT2D eigenvalue weighted by atomic mass is 32.1. The smallest absolute Gasteiger partial charge is 0.350 e. The lowest BCUT2D eigenvalue weighted by atomic mass is 9.95. The van der Waals surface area contributed by atoms with E-state index in [9.17, 15) is 19.5 Å². The average Bonchev–Trinajstić information content (AvgIpc) is 3.53. The number of carbonyl (C=O) groups excluding carboxylic acids is 3. The minimum Gasteiger partial charge on any atom is -0.503 e. The fraction of sp³-hybridized carbons (Fsp3) is 0.250. The number of hydrogen-bond donors (Lipinski definition) is 1. The van der Waals surface area contributed by atoms with Gasteiger partial charge >= 0.3 is 5.97 Å². The second kappa shape index (κ2) is 9.52. The summed E-state index contributed by atoms with van der Waals surface area (Å²) in [5.41, 5.74) is 0.737. The van der Waals surface area contributed by atoms with Crippen molar-refractivity contribution < 1.29 is 33.4 Å². The van der Waals surface area contributed by atoms with Crippen LogP contribution in [-0.4, -0.2) is 41.0 Å². The maximum Gasteiger partial charge on any atom is 0.350 e. The first-order valence-corrected chi connectivity index (χ1v) is 11.4. The Morgan fingerprint density at radius 3 is 2.68 bits per heavy atom. The molecule has 4 rings (SSSR count). The van der Waals surface area contributed by atoms with Gasteiger partial charge in [0.05, 0.1) is 36.8 Å². The predicted molar refractivity (Wildman–Crippen MR) is 123 cm³/mol. The number of aliphatic hydroxyl groups excluding tert-OH is 1. The molecule has 176 valence electrons. The number of furan rings is 1. The number of ketones is 1. The molecule has 3 heterocycles. The lowest BCUT2D eigenvalue weighted by molar-refractivity contribution is -0.117. The van der Waals surface area contributed by atoms with Crippen molar-refractivity contribution >= 4 is 34.1 Å². The van der Waals surface area contributed by atoms with Crippen LogP contribution in [0.2, 0.25) is 0 Å². The van der Waals surface area contributed by atoms with Gasteiger partial charge in [0.1, 0.15) is 10.6 Å². The Balaban J connectivity index is 1.85. The molecule has 0 aliphatic carbocycles. The van der Waals surface area contributed by atoms with Gasteiger partial charge in [-0.05, 0) is 50.6 Å². The average molecular weight is 483 g/mol. The van der Waals surface area contributed by atoms with E-state index in [4.69, 9.17) is 13.9 Å². The highest BCUT2D eigenvalue weighted by Crippen LogP contribution is 2.44. The number of anilines is 1. The molecule has 0 saturated heterocycles. The predicted octanol–water partition coefficient (Wildman–Crippen LogP) is 4.40. The number of hydrogen-bond acceptors (Lipinski definition) is 9. The topological polar surface area (TPSA) is 119 Å². The number of benzene rings is 1. The molecule has 1 N–H and O–H groups in total. The van der Waals surface area contributed by atoms with E-state index in [1.165, 1.54) is 17.2 Å². The number of thiazole rings is 1. The third kappa shape index (κ3) is 4.08. The Kier molecular flexibility index (Phi) is 6.51. The Morgan fingerprint density at radius 1 is 1.21 bits per heavy atom. The van der Waals surface area contributed by atoms with Crippen molar-refractivity contribution in [3.8, 4) is 5.75 Å². The van der Waals surface area contributed by atoms with E-state index < -0.39 is 29.5 Å². The molecule has 0 bridgehead atoms. The molecule has 2 aromatic heterocycles. The summed E-state index contributed by atoms with van der Waals surface area (Å²) in [6.45, 7) is 5.76. The van der Waals surface area contributed by atoms with Crippen molar-refractivity contribution in [2.75, 3.05) is 18.1 Å². The SMILES string of the molecule is CCOC(=O)c1sc(N2C(=O)C(O)=C(C(=O)c3ccco3)C2c2cccc(OCC)c2)nc1C. The first-order valence-electron chi connectivity index (χ1n) is 10.6. The fourth-order valence-corrected chi connectivity index (χ4v) is 4.69. The molecule has 3 aromatic rings. The van der Waals surface area contributed by atoms with Gasteiger partial charge in [-0.15, -0.1) is 0 Å². The number of esters is 1. The standard InChI is InChI=1S/C24H22N2O7S/c1-4-31-15-9-6-8-14(12-15)18-17(19(27)16-10-7-11-33-16)20(28)22(29)26(18)24-25-13(3)21(34-24)23(30)32-5-2/h6-12,18,28H,4-5H2,1-3H3. The van der Waals surface area contributed by atoms with Crippen molar-refractivity contribution in [3.05, 3.63) is 75.9 Å². The maximum atomic E-state index is 13.3. The number of Topliss-reactive ketones (excluding diaryl/α,β-unsaturated/α-hetero) is 1. The van der Waals surface area contributed by atoms with Gasteiger partial charge in [0, 0.05) is 0 Å². The lowest BCUT2D eigenvalue weighted by Gasteiger charge is -2.24. The largest absolute Gasteiger partial charge is 0.503 e. The number of ether oxygens (including phenoxy) is 2. The highest BCUT2D eigenvalue weighted by Gasteiger charge is 2.47. The summed E-state index contributed by atoms with van der Waals surface area (Å²) in [4.78, 5) is 44.7. The minimum absolute atomic E-state index is 0.0234. The number of carbonyl (C=O) groups is 3. The summed E-state index contributed by atoms with van der Waals surface area (Å²) in [7, 11) is 0. The van der Waals surface area contributed by atoms with Crippen LogP contribution >= 0.6 is 11.3 Å². The monoisotopic (exact) mass is 482 g/mol. The van der Waals surface area contributed by atoms with Gasteiger partial charge < -0.3 is 19.0 Å². The number of aliphatic hydroxyl groups is 1. The Labute approximate surface area is 199 Å². The van der Waals surface area contributed by atoms with E-state index in [1.807, 2.05) is 6.92 Å². The zero-order chi connectivity index (χ0) is 24.4. The second-order valence-electron chi connectivity index (χ2n) is 7.28. The van der Waals surface area contributed by atoms with Gasteiger partial charge in [0.25, 0.3) is 5.91 Å². The molecule has 1 unspecified atom stereocenters. The third-order valence-corrected chi connectivity index (χ3v) is 6.27. The summed E-state index contributed by atoms with van der Waals surface area (Å²) < 4.78 is 15.9. The highest BCUT2D eigenvalue weighted by molar-refractivity contribution is 7.17. The Bertz CT molecular complexity index is 1280. The van der Waals surface area contributed by atoms with Crippen LogP contribution in [0.1, 0.15) is 51.4 Å². The summed E-state index contributed by atoms with van der Waals surface area (Å²) >= 11 is 0.950. The molecule has 1 aliphatic heterocycles. The number of aromatic nitrogens is 1. The Hall–Kier alpha value is -3.92. The molecule has 1 aromatic carbocycles. The van der Waals surface area contributed by atoms with E-state index in [2.05, 4.69) is 4.98 Å². The zero-order valence-electron chi connectivity index (χ0n) is 18.7. The first kappa shape index (κ1) is 23.2. The van der Waals surface area contributed by atoms with Gasteiger partial charge in [-0.25, -0.2) is 9.78 Å². The molecule has 1 aliphatic rings. The fourth-order valence-electron chi connectivity index (χ4n) is 3.70. The van der Waals surface area contributed by atoms with E-state index in [1.54, 1.807) is 44.2 Å². The van der Waals surface area contributed by atoms with Crippen molar-refractivity contribution in [2.24, 2.45) is 0 Å². The Morgan fingerprint density at radius 2 is 2.00 bits per heavy atom. The summed E-state index contributed by atoms with van der Waals surface area (Å²) in [5, 5.41) is 11.0. The molecule has 10 heteroatoms. The summed E-state index contributed by atoms with van der Waals surface area (Å²) in [6, 6.07) is 8.85. The van der Waals surface area contributed by atoms with Crippen molar-refractivity contribution in [2.45, 2.75) is 26.8 Å². The quantitative estimate of drug-likeness (QED) is 0.371. The maximum absolute atomic E-state index is 13.3. The van der Waals surface area contributed by atoms with Crippen LogP contribution in [0.4, 0.5) is 5.13 Å². The van der Waals surface area contributed by atoms with Crippen LogP contribution in [-0.2, 0) is 9.53 Å². The lowest BCUT2D eigenvalue weighted by Crippen LogP contribution is -2.31. The summed E-state index contributed by atoms with van der Waals surface area (Å²) in [6.07, 6.45) is 1.33. The summed E-state index contributed by atoms with van der Waals surface area (Å²) in [5.74, 6) is -2.21. The van der Waals surface area contributed by atoms with Crippen LogP contribution < -0.4 is 9.64 Å². The van der Waals surface area contributed by atoms with Gasteiger partial charge in [0.15, 0.2) is 16.7 Å². The third-order valence-electron chi connectivity index (χ3n) is 5.13. The van der Waals surface area contributed by atoms with E-state index >= 15 is 0 Å². The number of rotatable bonds is 8. The first-order chi connectivity index (χ1) is 16.4. The molecule has 1 amide bonds. The van der Waals surface area contributed by atoms with Crippen LogP contribution in [0, 0.1) is 6.92 Å². The second-order valence-corrected chi connectivity index (χ2v) is 8.26. The zero-order valence-corrected chi connectivity index (χ0v) is 19.5. The number of aryl methyl sites for hydroxylation is 1. The molecular formula is C24H22N2O7S. The number of amides is 1. The van der Waals surface area contributed by atoms with Gasteiger partial charge in [-0.1, -0.05) is 23.5 Å². The van der Waals surface area contributed by atoms with Crippen LogP contribution in [0.25, 0.3) is 0 Å². The van der Waals surface area contributed by atoms with E-state index in [-0.39, 0.29) is 27.9 Å². The molecule has 34 heavy (non-hydrogen) atoms. The van der Waals surface area contributed by atoms with Crippen LogP contribution in [0.5, 0.6) is 5.75 Å². The van der Waals surface area contributed by atoms with E-state index in [0.717, 1.165) is 11.3 Å². The molecule has 0 spiro atoms. The van der Waals surface area contributed by atoms with Crippen molar-refractivity contribution in [1.82, 2.24) is 4.98 Å². The molecule has 0 radical (unpaired) electrons.